The summed E-state index contributed by atoms with van der Waals surface area (Å²) in [4.78, 5) is 4.35. The van der Waals surface area contributed by atoms with Crippen molar-refractivity contribution in [1.82, 2.24) is 0 Å². The van der Waals surface area contributed by atoms with E-state index in [-0.39, 0.29) is 0 Å². The van der Waals surface area contributed by atoms with E-state index in [9.17, 15) is 0 Å². The van der Waals surface area contributed by atoms with Crippen LogP contribution in [0.25, 0.3) is 0 Å². The highest BCUT2D eigenvalue weighted by atomic mass is 35.5. The number of methoxy groups -OCH3 is 1. The molecule has 2 rings (SSSR count). The lowest BCUT2D eigenvalue weighted by molar-refractivity contribution is 0.185. The Labute approximate surface area is 136 Å². The number of aliphatic imine (C=N–C) groups is 1. The Hall–Kier alpha value is -2.04. The van der Waals surface area contributed by atoms with E-state index in [1.807, 2.05) is 48.5 Å². The first-order valence-electron chi connectivity index (χ1n) is 7.07. The van der Waals surface area contributed by atoms with Crippen LogP contribution < -0.4 is 11.1 Å². The summed E-state index contributed by atoms with van der Waals surface area (Å²) in [7, 11) is 1.67. The number of nitrogens with two attached hydrogens (primary N) is 1. The summed E-state index contributed by atoms with van der Waals surface area (Å²) < 4.78 is 5.17. The van der Waals surface area contributed by atoms with Crippen LogP contribution in [0.2, 0.25) is 5.02 Å². The third kappa shape index (κ3) is 5.06. The van der Waals surface area contributed by atoms with Crippen molar-refractivity contribution >= 4 is 23.2 Å². The van der Waals surface area contributed by atoms with E-state index in [1.54, 1.807) is 7.11 Å². The van der Waals surface area contributed by atoms with Crippen LogP contribution in [0, 0.1) is 0 Å². The zero-order chi connectivity index (χ0) is 15.8. The number of halogens is 1. The smallest absolute Gasteiger partial charge is 0.193 e. The van der Waals surface area contributed by atoms with Gasteiger partial charge in [-0.05, 0) is 30.2 Å². The van der Waals surface area contributed by atoms with Crippen molar-refractivity contribution in [2.45, 2.75) is 13.0 Å². The van der Waals surface area contributed by atoms with Crippen molar-refractivity contribution in [2.75, 3.05) is 19.0 Å². The van der Waals surface area contributed by atoms with Crippen molar-refractivity contribution < 1.29 is 4.74 Å². The maximum Gasteiger partial charge on any atom is 0.193 e. The molecule has 0 heterocycles. The van der Waals surface area contributed by atoms with Crippen molar-refractivity contribution in [3.63, 3.8) is 0 Å². The van der Waals surface area contributed by atoms with Gasteiger partial charge in [-0.2, -0.15) is 0 Å². The number of benzene rings is 2. The van der Waals surface area contributed by atoms with E-state index in [0.29, 0.717) is 19.1 Å². The lowest BCUT2D eigenvalue weighted by Gasteiger charge is -2.10. The lowest BCUT2D eigenvalue weighted by Crippen LogP contribution is -2.23. The average Bonchev–Trinajstić information content (AvgIpc) is 2.51. The first kappa shape index (κ1) is 16.3. The highest BCUT2D eigenvalue weighted by Gasteiger charge is 2.02. The van der Waals surface area contributed by atoms with Crippen molar-refractivity contribution in [2.24, 2.45) is 10.7 Å². The van der Waals surface area contributed by atoms with Crippen molar-refractivity contribution in [3.05, 3.63) is 64.7 Å². The molecule has 0 amide bonds. The summed E-state index contributed by atoms with van der Waals surface area (Å²) >= 11 is 5.86. The first-order chi connectivity index (χ1) is 10.7. The van der Waals surface area contributed by atoms with Gasteiger partial charge in [0.05, 0.1) is 6.61 Å². The standard InChI is InChI=1S/C17H20ClN3O/c1-22-12-14-4-2-3-5-16(14)21-17(19)20-11-10-13-6-8-15(18)9-7-13/h2-9H,10-12H2,1H3,(H3,19,20,21). The van der Waals surface area contributed by atoms with Gasteiger partial charge >= 0.3 is 0 Å². The van der Waals surface area contributed by atoms with Crippen molar-refractivity contribution in [3.8, 4) is 0 Å². The van der Waals surface area contributed by atoms with Gasteiger partial charge in [0.25, 0.3) is 0 Å². The molecule has 0 saturated carbocycles. The number of hydrogen-bond acceptors (Lipinski definition) is 2. The molecule has 0 aliphatic carbocycles. The Morgan fingerprint density at radius 3 is 2.64 bits per heavy atom. The molecule has 5 heteroatoms. The van der Waals surface area contributed by atoms with E-state index in [1.165, 1.54) is 5.56 Å². The molecule has 4 nitrogen and oxygen atoms in total. The third-order valence-corrected chi connectivity index (χ3v) is 3.43. The van der Waals surface area contributed by atoms with Gasteiger partial charge in [-0.1, -0.05) is 41.9 Å². The van der Waals surface area contributed by atoms with E-state index < -0.39 is 0 Å². The molecule has 3 N–H and O–H groups in total. The van der Waals surface area contributed by atoms with Gasteiger partial charge in [-0.3, -0.25) is 4.99 Å². The van der Waals surface area contributed by atoms with Crippen LogP contribution in [0.5, 0.6) is 0 Å². The minimum Gasteiger partial charge on any atom is -0.380 e. The van der Waals surface area contributed by atoms with Gasteiger partial charge in [0.1, 0.15) is 0 Å². The predicted molar refractivity (Wildman–Crippen MR) is 92.4 cm³/mol. The first-order valence-corrected chi connectivity index (χ1v) is 7.45. The lowest BCUT2D eigenvalue weighted by atomic mass is 10.1. The Morgan fingerprint density at radius 2 is 1.91 bits per heavy atom. The third-order valence-electron chi connectivity index (χ3n) is 3.18. The van der Waals surface area contributed by atoms with Gasteiger partial charge < -0.3 is 15.8 Å². The summed E-state index contributed by atoms with van der Waals surface area (Å²) in [5, 5.41) is 3.86. The molecule has 22 heavy (non-hydrogen) atoms. The molecular weight excluding hydrogens is 298 g/mol. The van der Waals surface area contributed by atoms with E-state index in [0.717, 1.165) is 22.7 Å². The average molecular weight is 318 g/mol. The Bertz CT molecular complexity index is 626. The number of anilines is 1. The topological polar surface area (TPSA) is 59.6 Å². The molecular formula is C17H20ClN3O. The van der Waals surface area contributed by atoms with Crippen LogP contribution in [-0.2, 0) is 17.8 Å². The molecule has 0 atom stereocenters. The largest absolute Gasteiger partial charge is 0.380 e. The maximum atomic E-state index is 5.94. The van der Waals surface area contributed by atoms with Crippen LogP contribution in [0.15, 0.2) is 53.5 Å². The number of nitrogens with zero attached hydrogens (tertiary/aromatic N) is 1. The normalized spacial score (nSPS) is 11.5. The van der Waals surface area contributed by atoms with Crippen LogP contribution in [0.3, 0.4) is 0 Å². The molecule has 2 aromatic rings. The van der Waals surface area contributed by atoms with Gasteiger partial charge in [-0.15, -0.1) is 0 Å². The number of nitrogens with one attached hydrogen (secondary N) is 1. The molecule has 0 spiro atoms. The number of rotatable bonds is 6. The molecule has 0 aromatic heterocycles. The number of para-hydroxylation sites is 1. The van der Waals surface area contributed by atoms with Gasteiger partial charge in [0.2, 0.25) is 0 Å². The fourth-order valence-corrected chi connectivity index (χ4v) is 2.18. The Morgan fingerprint density at radius 1 is 1.18 bits per heavy atom. The highest BCUT2D eigenvalue weighted by Crippen LogP contribution is 2.15. The molecule has 0 aliphatic heterocycles. The number of ether oxygens (including phenoxy) is 1. The quantitative estimate of drug-likeness (QED) is 0.633. The molecule has 0 saturated heterocycles. The monoisotopic (exact) mass is 317 g/mol. The zero-order valence-corrected chi connectivity index (χ0v) is 13.3. The second-order valence-electron chi connectivity index (χ2n) is 4.86. The summed E-state index contributed by atoms with van der Waals surface area (Å²) in [5.41, 5.74) is 9.07. The summed E-state index contributed by atoms with van der Waals surface area (Å²) in [5.74, 6) is 0.400. The fraction of sp³-hybridized carbons (Fsp3) is 0.235. The number of guanidine groups is 1. The van der Waals surface area contributed by atoms with Crippen LogP contribution in [0.4, 0.5) is 5.69 Å². The molecule has 0 aliphatic rings. The van der Waals surface area contributed by atoms with Crippen molar-refractivity contribution in [1.29, 1.82) is 0 Å². The summed E-state index contributed by atoms with van der Waals surface area (Å²) in [6, 6.07) is 15.6. The molecule has 2 aromatic carbocycles. The summed E-state index contributed by atoms with van der Waals surface area (Å²) in [6.07, 6.45) is 0.819. The maximum absolute atomic E-state index is 5.94. The minimum absolute atomic E-state index is 0.400. The molecule has 0 fully saturated rings. The second-order valence-corrected chi connectivity index (χ2v) is 5.30. The van der Waals surface area contributed by atoms with E-state index in [2.05, 4.69) is 10.3 Å². The molecule has 0 unspecified atom stereocenters. The van der Waals surface area contributed by atoms with Crippen LogP contribution in [-0.4, -0.2) is 19.6 Å². The van der Waals surface area contributed by atoms with Crippen LogP contribution >= 0.6 is 11.6 Å². The highest BCUT2D eigenvalue weighted by molar-refractivity contribution is 6.30. The molecule has 0 bridgehead atoms. The van der Waals surface area contributed by atoms with Gasteiger partial charge in [-0.25, -0.2) is 0 Å². The Balaban J connectivity index is 1.91. The van der Waals surface area contributed by atoms with E-state index >= 15 is 0 Å². The van der Waals surface area contributed by atoms with Crippen LogP contribution in [0.1, 0.15) is 11.1 Å². The Kier molecular flexibility index (Phi) is 6.25. The van der Waals surface area contributed by atoms with Gasteiger partial charge in [0, 0.05) is 29.9 Å². The van der Waals surface area contributed by atoms with Gasteiger partial charge in [0.15, 0.2) is 5.96 Å². The summed E-state index contributed by atoms with van der Waals surface area (Å²) in [6.45, 7) is 1.15. The second kappa shape index (κ2) is 8.41. The van der Waals surface area contributed by atoms with E-state index in [4.69, 9.17) is 22.1 Å². The minimum atomic E-state index is 0.400. The molecule has 0 radical (unpaired) electrons. The number of hydrogen-bond donors (Lipinski definition) is 2. The zero-order valence-electron chi connectivity index (χ0n) is 12.6. The SMILES string of the molecule is COCc1ccccc1NC(N)=NCCc1ccc(Cl)cc1. The fourth-order valence-electron chi connectivity index (χ4n) is 2.06. The predicted octanol–water partition coefficient (Wildman–Crippen LogP) is 3.46. The molecule has 116 valence electrons.